The minimum absolute atomic E-state index is 0.0920. The maximum Gasteiger partial charge on any atom is 0.514 e. The zero-order valence-electron chi connectivity index (χ0n) is 11.1. The van der Waals surface area contributed by atoms with Crippen molar-refractivity contribution in [3.05, 3.63) is 58.1 Å². The predicted octanol–water partition coefficient (Wildman–Crippen LogP) is 2.72. The van der Waals surface area contributed by atoms with Gasteiger partial charge in [-0.05, 0) is 29.8 Å². The van der Waals surface area contributed by atoms with E-state index in [-0.39, 0.29) is 29.5 Å². The van der Waals surface area contributed by atoms with E-state index in [0.29, 0.717) is 5.56 Å². The fourth-order valence-electron chi connectivity index (χ4n) is 1.64. The fraction of sp³-hybridized carbons (Fsp3) is 0.0714. The first kappa shape index (κ1) is 15.1. The first-order valence-corrected chi connectivity index (χ1v) is 6.05. The largest absolute Gasteiger partial charge is 0.514 e. The van der Waals surface area contributed by atoms with Crippen LogP contribution in [-0.4, -0.2) is 21.3 Å². The molecule has 0 radical (unpaired) electrons. The number of phenols is 2. The number of nitro benzene ring substituents is 1. The number of carbonyl (C=O) groups is 1. The Bertz CT molecular complexity index is 677. The van der Waals surface area contributed by atoms with E-state index < -0.39 is 11.1 Å². The van der Waals surface area contributed by atoms with Crippen LogP contribution in [0.3, 0.4) is 0 Å². The molecule has 114 valence electrons. The third-order valence-electron chi connectivity index (χ3n) is 2.57. The van der Waals surface area contributed by atoms with Crippen LogP contribution in [0.15, 0.2) is 42.5 Å². The molecule has 0 saturated heterocycles. The third kappa shape index (κ3) is 4.10. The van der Waals surface area contributed by atoms with Crippen LogP contribution in [0.25, 0.3) is 0 Å². The molecule has 0 unspecified atom stereocenters. The number of benzene rings is 2. The predicted molar refractivity (Wildman–Crippen MR) is 73.7 cm³/mol. The summed E-state index contributed by atoms with van der Waals surface area (Å²) in [6.07, 6.45) is -1.02. The van der Waals surface area contributed by atoms with E-state index in [2.05, 4.69) is 0 Å². The van der Waals surface area contributed by atoms with E-state index in [4.69, 9.17) is 9.47 Å². The zero-order chi connectivity index (χ0) is 16.1. The highest BCUT2D eigenvalue weighted by Crippen LogP contribution is 2.21. The molecule has 8 heteroatoms. The lowest BCUT2D eigenvalue weighted by molar-refractivity contribution is -0.384. The Morgan fingerprint density at radius 2 is 1.68 bits per heavy atom. The number of hydrogen-bond acceptors (Lipinski definition) is 7. The van der Waals surface area contributed by atoms with Crippen LogP contribution < -0.4 is 4.74 Å². The van der Waals surface area contributed by atoms with Gasteiger partial charge in [-0.1, -0.05) is 0 Å². The molecule has 0 saturated carbocycles. The summed E-state index contributed by atoms with van der Waals surface area (Å²) < 4.78 is 9.63. The Hall–Kier alpha value is -3.29. The van der Waals surface area contributed by atoms with Gasteiger partial charge in [0.05, 0.1) is 4.92 Å². The molecule has 0 fully saturated rings. The molecule has 2 N–H and O–H groups in total. The molecule has 2 aromatic rings. The minimum atomic E-state index is -1.02. The normalized spacial score (nSPS) is 10.0. The monoisotopic (exact) mass is 305 g/mol. The average Bonchev–Trinajstić information content (AvgIpc) is 2.45. The second kappa shape index (κ2) is 6.44. The van der Waals surface area contributed by atoms with Crippen molar-refractivity contribution in [1.82, 2.24) is 0 Å². The SMILES string of the molecule is O=C(OCc1cc(O)cc(O)c1)Oc1ccc([N+](=O)[O-])cc1. The number of non-ortho nitro benzene ring substituents is 1. The van der Waals surface area contributed by atoms with Crippen LogP contribution in [0.5, 0.6) is 17.2 Å². The van der Waals surface area contributed by atoms with E-state index in [1.54, 1.807) is 0 Å². The first-order valence-electron chi connectivity index (χ1n) is 6.05. The van der Waals surface area contributed by atoms with Crippen molar-refractivity contribution >= 4 is 11.8 Å². The zero-order valence-corrected chi connectivity index (χ0v) is 11.1. The molecular weight excluding hydrogens is 294 g/mol. The third-order valence-corrected chi connectivity index (χ3v) is 2.57. The van der Waals surface area contributed by atoms with Gasteiger partial charge in [0, 0.05) is 18.2 Å². The molecule has 0 heterocycles. The number of hydrogen-bond donors (Lipinski definition) is 2. The summed E-state index contributed by atoms with van der Waals surface area (Å²) in [6.45, 7) is -0.215. The van der Waals surface area contributed by atoms with Gasteiger partial charge in [0.2, 0.25) is 0 Å². The average molecular weight is 305 g/mol. The molecule has 8 nitrogen and oxygen atoms in total. The van der Waals surface area contributed by atoms with Crippen molar-refractivity contribution in [1.29, 1.82) is 0 Å². The highest BCUT2D eigenvalue weighted by Gasteiger charge is 2.10. The molecule has 0 aromatic heterocycles. The Kier molecular flexibility index (Phi) is 4.42. The molecule has 0 spiro atoms. The van der Waals surface area contributed by atoms with E-state index >= 15 is 0 Å². The van der Waals surface area contributed by atoms with Crippen LogP contribution in [0, 0.1) is 10.1 Å². The summed E-state index contributed by atoms with van der Waals surface area (Å²) in [5, 5.41) is 29.0. The first-order chi connectivity index (χ1) is 10.4. The molecule has 0 amide bonds. The van der Waals surface area contributed by atoms with Crippen molar-refractivity contribution in [3.8, 4) is 17.2 Å². The molecule has 0 atom stereocenters. The van der Waals surface area contributed by atoms with E-state index in [9.17, 15) is 25.1 Å². The molecular formula is C14H11NO7. The van der Waals surface area contributed by atoms with Gasteiger partial charge in [-0.3, -0.25) is 10.1 Å². The smallest absolute Gasteiger partial charge is 0.508 e. The van der Waals surface area contributed by atoms with Crippen molar-refractivity contribution < 1.29 is 29.4 Å². The molecule has 0 aliphatic heterocycles. The number of phenolic OH excluding ortho intramolecular Hbond substituents is 2. The molecule has 22 heavy (non-hydrogen) atoms. The Labute approximate surface area is 124 Å². The standard InChI is InChI=1S/C14H11NO7/c16-11-5-9(6-12(17)7-11)8-21-14(18)22-13-3-1-10(2-4-13)15(19)20/h1-7,16-17H,8H2. The lowest BCUT2D eigenvalue weighted by atomic mass is 10.2. The van der Waals surface area contributed by atoms with Crippen LogP contribution in [0.2, 0.25) is 0 Å². The molecule has 2 rings (SSSR count). The summed E-state index contributed by atoms with van der Waals surface area (Å²) in [7, 11) is 0. The summed E-state index contributed by atoms with van der Waals surface area (Å²) in [6, 6.07) is 8.68. The van der Waals surface area contributed by atoms with Gasteiger partial charge >= 0.3 is 6.16 Å². The molecule has 0 bridgehead atoms. The summed E-state index contributed by atoms with van der Waals surface area (Å²) in [4.78, 5) is 21.4. The topological polar surface area (TPSA) is 119 Å². The van der Waals surface area contributed by atoms with Gasteiger partial charge in [-0.15, -0.1) is 0 Å². The van der Waals surface area contributed by atoms with Crippen LogP contribution in [0.1, 0.15) is 5.56 Å². The van der Waals surface area contributed by atoms with E-state index in [1.165, 1.54) is 36.4 Å². The maximum absolute atomic E-state index is 11.5. The Morgan fingerprint density at radius 1 is 1.09 bits per heavy atom. The van der Waals surface area contributed by atoms with Crippen LogP contribution in [-0.2, 0) is 11.3 Å². The number of rotatable bonds is 4. The number of nitro groups is 1. The number of ether oxygens (including phenoxy) is 2. The van der Waals surface area contributed by atoms with Gasteiger partial charge in [0.15, 0.2) is 0 Å². The lowest BCUT2D eigenvalue weighted by Gasteiger charge is -2.06. The highest BCUT2D eigenvalue weighted by atomic mass is 16.7. The van der Waals surface area contributed by atoms with Crippen LogP contribution >= 0.6 is 0 Å². The van der Waals surface area contributed by atoms with Crippen LogP contribution in [0.4, 0.5) is 10.5 Å². The fourth-order valence-corrected chi connectivity index (χ4v) is 1.64. The van der Waals surface area contributed by atoms with Gasteiger partial charge in [-0.2, -0.15) is 0 Å². The van der Waals surface area contributed by atoms with Crippen molar-refractivity contribution in [3.63, 3.8) is 0 Å². The van der Waals surface area contributed by atoms with Gasteiger partial charge in [0.1, 0.15) is 23.9 Å². The molecule has 2 aromatic carbocycles. The highest BCUT2D eigenvalue weighted by molar-refractivity contribution is 5.64. The second-order valence-electron chi connectivity index (χ2n) is 4.25. The van der Waals surface area contributed by atoms with Crippen molar-refractivity contribution in [2.45, 2.75) is 6.61 Å². The Morgan fingerprint density at radius 3 is 2.23 bits per heavy atom. The summed E-state index contributed by atoms with van der Waals surface area (Å²) in [5.74, 6) is -0.237. The van der Waals surface area contributed by atoms with Crippen molar-refractivity contribution in [2.24, 2.45) is 0 Å². The van der Waals surface area contributed by atoms with E-state index in [0.717, 1.165) is 6.07 Å². The van der Waals surface area contributed by atoms with E-state index in [1.807, 2.05) is 0 Å². The number of carbonyl (C=O) groups excluding carboxylic acids is 1. The van der Waals surface area contributed by atoms with Crippen molar-refractivity contribution in [2.75, 3.05) is 0 Å². The molecule has 0 aliphatic rings. The second-order valence-corrected chi connectivity index (χ2v) is 4.25. The number of nitrogens with zero attached hydrogens (tertiary/aromatic N) is 1. The van der Waals surface area contributed by atoms with Gasteiger partial charge in [0.25, 0.3) is 5.69 Å². The van der Waals surface area contributed by atoms with Gasteiger partial charge in [-0.25, -0.2) is 4.79 Å². The lowest BCUT2D eigenvalue weighted by Crippen LogP contribution is -2.10. The minimum Gasteiger partial charge on any atom is -0.508 e. The quantitative estimate of drug-likeness (QED) is 0.385. The molecule has 0 aliphatic carbocycles. The summed E-state index contributed by atoms with van der Waals surface area (Å²) in [5.41, 5.74) is 0.245. The summed E-state index contributed by atoms with van der Waals surface area (Å²) >= 11 is 0. The Balaban J connectivity index is 1.91. The number of aromatic hydroxyl groups is 2. The maximum atomic E-state index is 11.5. The van der Waals surface area contributed by atoms with Gasteiger partial charge < -0.3 is 19.7 Å².